The van der Waals surface area contributed by atoms with Crippen LogP contribution in [0.15, 0.2) is 0 Å². The molecule has 4 N–H and O–H groups in total. The summed E-state index contributed by atoms with van der Waals surface area (Å²) >= 11 is 0. The minimum absolute atomic E-state index is 0.0826. The van der Waals surface area contributed by atoms with E-state index in [-0.39, 0.29) is 12.1 Å². The summed E-state index contributed by atoms with van der Waals surface area (Å²) < 4.78 is 0. The van der Waals surface area contributed by atoms with Gasteiger partial charge in [-0.1, -0.05) is 0 Å². The summed E-state index contributed by atoms with van der Waals surface area (Å²) in [6, 6.07) is 0.330. The zero-order valence-corrected chi connectivity index (χ0v) is 7.35. The van der Waals surface area contributed by atoms with Crippen molar-refractivity contribution in [3.05, 3.63) is 0 Å². The van der Waals surface area contributed by atoms with E-state index < -0.39 is 0 Å². The van der Waals surface area contributed by atoms with Gasteiger partial charge in [-0.05, 0) is 20.4 Å². The summed E-state index contributed by atoms with van der Waals surface area (Å²) in [5.74, 6) is -0.0826. The molecule has 4 heteroatoms. The topological polar surface area (TPSA) is 67.2 Å². The largest absolute Gasteiger partial charge is 0.341 e. The maximum absolute atomic E-state index is 10.5. The van der Waals surface area contributed by atoms with Crippen molar-refractivity contribution in [2.75, 3.05) is 7.05 Å². The van der Waals surface area contributed by atoms with Crippen LogP contribution in [0.25, 0.3) is 0 Å². The second-order valence-corrected chi connectivity index (χ2v) is 2.73. The van der Waals surface area contributed by atoms with Crippen LogP contribution in [0.1, 0.15) is 20.3 Å². The molecule has 0 aromatic heterocycles. The monoisotopic (exact) mass is 159 g/mol. The fourth-order valence-electron chi connectivity index (χ4n) is 0.819. The Balaban J connectivity index is 3.51. The molecular formula is C7H17N3O. The van der Waals surface area contributed by atoms with Crippen molar-refractivity contribution >= 4 is 5.91 Å². The summed E-state index contributed by atoms with van der Waals surface area (Å²) in [4.78, 5) is 10.5. The standard InChI is InChI=1S/C7H17N3O/c1-5(9-3)4-7(8)10-6(2)11/h5,7,9H,4,8H2,1-3H3,(H,10,11). The van der Waals surface area contributed by atoms with Gasteiger partial charge < -0.3 is 16.4 Å². The van der Waals surface area contributed by atoms with E-state index in [0.29, 0.717) is 6.04 Å². The van der Waals surface area contributed by atoms with Crippen LogP contribution >= 0.6 is 0 Å². The van der Waals surface area contributed by atoms with E-state index in [9.17, 15) is 4.79 Å². The fraction of sp³-hybridized carbons (Fsp3) is 0.857. The number of carbonyl (C=O) groups is 1. The van der Waals surface area contributed by atoms with Crippen molar-refractivity contribution in [1.82, 2.24) is 10.6 Å². The van der Waals surface area contributed by atoms with Gasteiger partial charge in [0.15, 0.2) is 0 Å². The molecule has 0 aliphatic carbocycles. The first-order valence-electron chi connectivity index (χ1n) is 3.76. The van der Waals surface area contributed by atoms with Crippen molar-refractivity contribution < 1.29 is 4.79 Å². The highest BCUT2D eigenvalue weighted by Gasteiger charge is 2.06. The third kappa shape index (κ3) is 5.82. The molecule has 0 radical (unpaired) electrons. The Labute approximate surface area is 67.5 Å². The molecule has 0 aromatic carbocycles. The van der Waals surface area contributed by atoms with Crippen LogP contribution < -0.4 is 16.4 Å². The van der Waals surface area contributed by atoms with Gasteiger partial charge >= 0.3 is 0 Å². The quantitative estimate of drug-likeness (QED) is 0.480. The third-order valence-corrected chi connectivity index (χ3v) is 1.49. The summed E-state index contributed by atoms with van der Waals surface area (Å²) in [6.07, 6.45) is 0.505. The smallest absolute Gasteiger partial charge is 0.218 e. The molecule has 0 spiro atoms. The van der Waals surface area contributed by atoms with Crippen molar-refractivity contribution in [2.24, 2.45) is 5.73 Å². The molecule has 0 fully saturated rings. The van der Waals surface area contributed by atoms with E-state index in [1.165, 1.54) is 6.92 Å². The summed E-state index contributed by atoms with van der Waals surface area (Å²) in [5.41, 5.74) is 5.58. The summed E-state index contributed by atoms with van der Waals surface area (Å²) in [5, 5.41) is 5.64. The van der Waals surface area contributed by atoms with Gasteiger partial charge in [0.05, 0.1) is 6.17 Å². The molecule has 0 saturated carbocycles. The Morgan fingerprint density at radius 2 is 2.18 bits per heavy atom. The minimum atomic E-state index is -0.241. The van der Waals surface area contributed by atoms with Crippen LogP contribution in [0.5, 0.6) is 0 Å². The Morgan fingerprint density at radius 3 is 2.55 bits per heavy atom. The Hall–Kier alpha value is -0.610. The zero-order chi connectivity index (χ0) is 8.85. The molecule has 11 heavy (non-hydrogen) atoms. The number of rotatable bonds is 4. The van der Waals surface area contributed by atoms with Gasteiger partial charge in [0, 0.05) is 13.0 Å². The molecule has 2 unspecified atom stereocenters. The van der Waals surface area contributed by atoms with Gasteiger partial charge in [-0.2, -0.15) is 0 Å². The average Bonchev–Trinajstić information content (AvgIpc) is 1.85. The molecule has 0 bridgehead atoms. The predicted octanol–water partition coefficient (Wildman–Crippen LogP) is -0.595. The van der Waals surface area contributed by atoms with Gasteiger partial charge in [0.25, 0.3) is 0 Å². The zero-order valence-electron chi connectivity index (χ0n) is 7.35. The highest BCUT2D eigenvalue weighted by atomic mass is 16.1. The molecule has 0 aliphatic rings. The van der Waals surface area contributed by atoms with Crippen LogP contribution in [0, 0.1) is 0 Å². The maximum Gasteiger partial charge on any atom is 0.218 e. The van der Waals surface area contributed by atoms with Crippen molar-refractivity contribution in [2.45, 2.75) is 32.5 Å². The fourth-order valence-corrected chi connectivity index (χ4v) is 0.819. The molecule has 0 saturated heterocycles. The van der Waals surface area contributed by atoms with Gasteiger partial charge in [-0.3, -0.25) is 4.79 Å². The van der Waals surface area contributed by atoms with E-state index >= 15 is 0 Å². The van der Waals surface area contributed by atoms with E-state index in [1.54, 1.807) is 0 Å². The molecule has 0 heterocycles. The number of hydrogen-bond donors (Lipinski definition) is 3. The molecule has 1 amide bonds. The highest BCUT2D eigenvalue weighted by molar-refractivity contribution is 5.73. The second-order valence-electron chi connectivity index (χ2n) is 2.73. The van der Waals surface area contributed by atoms with E-state index in [4.69, 9.17) is 5.73 Å². The number of nitrogens with one attached hydrogen (secondary N) is 2. The molecular weight excluding hydrogens is 142 g/mol. The third-order valence-electron chi connectivity index (χ3n) is 1.49. The van der Waals surface area contributed by atoms with Crippen LogP contribution in [0.3, 0.4) is 0 Å². The van der Waals surface area contributed by atoms with E-state index in [0.717, 1.165) is 6.42 Å². The first kappa shape index (κ1) is 10.4. The van der Waals surface area contributed by atoms with Crippen LogP contribution in [0.4, 0.5) is 0 Å². The van der Waals surface area contributed by atoms with Crippen LogP contribution in [0.2, 0.25) is 0 Å². The predicted molar refractivity (Wildman–Crippen MR) is 44.9 cm³/mol. The Kier molecular flexibility index (Phi) is 4.81. The second kappa shape index (κ2) is 5.09. The van der Waals surface area contributed by atoms with Crippen LogP contribution in [-0.4, -0.2) is 25.2 Å². The van der Waals surface area contributed by atoms with Gasteiger partial charge in [0.1, 0.15) is 0 Å². The van der Waals surface area contributed by atoms with Gasteiger partial charge in [-0.15, -0.1) is 0 Å². The minimum Gasteiger partial charge on any atom is -0.341 e. The summed E-state index contributed by atoms with van der Waals surface area (Å²) in [6.45, 7) is 3.48. The average molecular weight is 159 g/mol. The lowest BCUT2D eigenvalue weighted by molar-refractivity contribution is -0.119. The van der Waals surface area contributed by atoms with Gasteiger partial charge in [-0.25, -0.2) is 0 Å². The van der Waals surface area contributed by atoms with E-state index in [1.807, 2.05) is 14.0 Å². The number of carbonyl (C=O) groups excluding carboxylic acids is 1. The van der Waals surface area contributed by atoms with Crippen molar-refractivity contribution in [3.8, 4) is 0 Å². The maximum atomic E-state index is 10.5. The molecule has 4 nitrogen and oxygen atoms in total. The SMILES string of the molecule is CNC(C)CC(N)NC(C)=O. The molecule has 0 aliphatic heterocycles. The normalized spacial score (nSPS) is 15.6. The molecule has 2 atom stereocenters. The Morgan fingerprint density at radius 1 is 1.64 bits per heavy atom. The van der Waals surface area contributed by atoms with Crippen molar-refractivity contribution in [3.63, 3.8) is 0 Å². The van der Waals surface area contributed by atoms with Crippen molar-refractivity contribution in [1.29, 1.82) is 0 Å². The molecule has 0 rings (SSSR count). The first-order valence-corrected chi connectivity index (χ1v) is 3.76. The van der Waals surface area contributed by atoms with Crippen LogP contribution in [-0.2, 0) is 4.79 Å². The highest BCUT2D eigenvalue weighted by Crippen LogP contribution is 1.90. The first-order chi connectivity index (χ1) is 5.06. The summed E-state index contributed by atoms with van der Waals surface area (Å²) in [7, 11) is 1.87. The molecule has 66 valence electrons. The number of hydrogen-bond acceptors (Lipinski definition) is 3. The number of amides is 1. The van der Waals surface area contributed by atoms with E-state index in [2.05, 4.69) is 10.6 Å². The van der Waals surface area contributed by atoms with Gasteiger partial charge in [0.2, 0.25) is 5.91 Å². The lowest BCUT2D eigenvalue weighted by atomic mass is 10.2. The Bertz CT molecular complexity index is 127. The lowest BCUT2D eigenvalue weighted by Crippen LogP contribution is -2.44. The number of nitrogens with two attached hydrogens (primary N) is 1. The lowest BCUT2D eigenvalue weighted by Gasteiger charge is -2.16. The molecule has 0 aromatic rings.